The van der Waals surface area contributed by atoms with Gasteiger partial charge in [0.25, 0.3) is 0 Å². The first-order chi connectivity index (χ1) is 10.1. The number of carbonyl (C=O) groups excluding carboxylic acids is 1. The normalized spacial score (nSPS) is 18.6. The van der Waals surface area contributed by atoms with Crippen LogP contribution in [0.4, 0.5) is 0 Å². The number of nitrogens with zero attached hydrogens (tertiary/aromatic N) is 3. The molecule has 1 unspecified atom stereocenters. The Balaban J connectivity index is 1.75. The lowest BCUT2D eigenvalue weighted by Crippen LogP contribution is -2.37. The fraction of sp³-hybridized carbons (Fsp3) is 0.733. The van der Waals surface area contributed by atoms with Crippen LogP contribution in [0.1, 0.15) is 30.9 Å². The summed E-state index contributed by atoms with van der Waals surface area (Å²) >= 11 is 0. The van der Waals surface area contributed by atoms with Gasteiger partial charge in [0.05, 0.1) is 6.20 Å². The summed E-state index contributed by atoms with van der Waals surface area (Å²) < 4.78 is 1.71. The standard InChI is InChI=1S/C15H27N5O/c1-16-14(13-10-18-20(3)11-13)15(21)17-7-4-12-5-8-19(2)9-6-12/h10-12,14,16H,4-9H2,1-3H3,(H,17,21). The fourth-order valence-corrected chi connectivity index (χ4v) is 2.89. The maximum absolute atomic E-state index is 12.3. The van der Waals surface area contributed by atoms with Crippen molar-refractivity contribution in [3.05, 3.63) is 18.0 Å². The van der Waals surface area contributed by atoms with E-state index in [1.807, 2.05) is 13.2 Å². The van der Waals surface area contributed by atoms with Crippen molar-refractivity contribution in [1.29, 1.82) is 0 Å². The molecule has 1 aliphatic heterocycles. The zero-order chi connectivity index (χ0) is 15.2. The van der Waals surface area contributed by atoms with Crippen molar-refractivity contribution in [2.45, 2.75) is 25.3 Å². The lowest BCUT2D eigenvalue weighted by atomic mass is 9.94. The van der Waals surface area contributed by atoms with Gasteiger partial charge in [-0.2, -0.15) is 5.10 Å². The highest BCUT2D eigenvalue weighted by molar-refractivity contribution is 5.82. The number of hydrogen-bond donors (Lipinski definition) is 2. The van der Waals surface area contributed by atoms with Crippen LogP contribution in [0.25, 0.3) is 0 Å². The number of aryl methyl sites for hydroxylation is 1. The molecule has 1 aromatic rings. The predicted molar refractivity (Wildman–Crippen MR) is 82.9 cm³/mol. The summed E-state index contributed by atoms with van der Waals surface area (Å²) in [7, 11) is 5.83. The molecule has 21 heavy (non-hydrogen) atoms. The van der Waals surface area contributed by atoms with Crippen LogP contribution in [0, 0.1) is 5.92 Å². The van der Waals surface area contributed by atoms with Crippen LogP contribution in [0.5, 0.6) is 0 Å². The molecule has 0 bridgehead atoms. The Kier molecular flexibility index (Phi) is 5.76. The summed E-state index contributed by atoms with van der Waals surface area (Å²) in [4.78, 5) is 14.6. The van der Waals surface area contributed by atoms with E-state index < -0.39 is 0 Å². The number of hydrogen-bond acceptors (Lipinski definition) is 4. The van der Waals surface area contributed by atoms with Crippen molar-refractivity contribution in [1.82, 2.24) is 25.3 Å². The number of likely N-dealkylation sites (N-methyl/N-ethyl adjacent to an activating group) is 1. The molecule has 0 radical (unpaired) electrons. The number of piperidine rings is 1. The minimum Gasteiger partial charge on any atom is -0.354 e. The predicted octanol–water partition coefficient (Wildman–Crippen LogP) is 0.529. The molecule has 0 aromatic carbocycles. The molecule has 0 spiro atoms. The van der Waals surface area contributed by atoms with E-state index in [2.05, 4.69) is 27.7 Å². The zero-order valence-electron chi connectivity index (χ0n) is 13.3. The zero-order valence-corrected chi connectivity index (χ0v) is 13.3. The Morgan fingerprint density at radius 2 is 2.14 bits per heavy atom. The van der Waals surface area contributed by atoms with Gasteiger partial charge in [-0.25, -0.2) is 0 Å². The van der Waals surface area contributed by atoms with Crippen molar-refractivity contribution in [2.24, 2.45) is 13.0 Å². The third kappa shape index (κ3) is 4.54. The van der Waals surface area contributed by atoms with Gasteiger partial charge < -0.3 is 15.5 Å². The largest absolute Gasteiger partial charge is 0.354 e. The van der Waals surface area contributed by atoms with Crippen LogP contribution in [0.2, 0.25) is 0 Å². The summed E-state index contributed by atoms with van der Waals surface area (Å²) in [6.45, 7) is 3.10. The molecule has 2 heterocycles. The Bertz CT molecular complexity index is 451. The number of aromatic nitrogens is 2. The van der Waals surface area contributed by atoms with Crippen molar-refractivity contribution in [3.8, 4) is 0 Å². The minimum absolute atomic E-state index is 0.0263. The number of rotatable bonds is 6. The second-order valence-corrected chi connectivity index (χ2v) is 6.00. The van der Waals surface area contributed by atoms with Crippen LogP contribution < -0.4 is 10.6 Å². The topological polar surface area (TPSA) is 62.2 Å². The number of nitrogens with one attached hydrogen (secondary N) is 2. The molecule has 0 saturated carbocycles. The van der Waals surface area contributed by atoms with Crippen LogP contribution in [-0.4, -0.2) is 54.3 Å². The van der Waals surface area contributed by atoms with Gasteiger partial charge in [0.1, 0.15) is 6.04 Å². The van der Waals surface area contributed by atoms with Crippen LogP contribution in [0.3, 0.4) is 0 Å². The highest BCUT2D eigenvalue weighted by atomic mass is 16.2. The van der Waals surface area contributed by atoms with Crippen molar-refractivity contribution in [2.75, 3.05) is 33.7 Å². The van der Waals surface area contributed by atoms with E-state index in [-0.39, 0.29) is 11.9 Å². The maximum Gasteiger partial charge on any atom is 0.241 e. The highest BCUT2D eigenvalue weighted by Crippen LogP contribution is 2.19. The number of likely N-dealkylation sites (tertiary alicyclic amines) is 1. The van der Waals surface area contributed by atoms with E-state index in [4.69, 9.17) is 0 Å². The van der Waals surface area contributed by atoms with E-state index in [0.29, 0.717) is 0 Å². The molecular formula is C15H27N5O. The van der Waals surface area contributed by atoms with Crippen LogP contribution in [-0.2, 0) is 11.8 Å². The summed E-state index contributed by atoms with van der Waals surface area (Å²) in [6.07, 6.45) is 7.16. The number of amides is 1. The van der Waals surface area contributed by atoms with Crippen molar-refractivity contribution >= 4 is 5.91 Å². The van der Waals surface area contributed by atoms with Gasteiger partial charge in [-0.1, -0.05) is 0 Å². The van der Waals surface area contributed by atoms with E-state index in [0.717, 1.165) is 24.4 Å². The van der Waals surface area contributed by atoms with Crippen molar-refractivity contribution in [3.63, 3.8) is 0 Å². The summed E-state index contributed by atoms with van der Waals surface area (Å²) in [5.41, 5.74) is 0.900. The molecule has 1 fully saturated rings. The fourth-order valence-electron chi connectivity index (χ4n) is 2.89. The molecule has 2 N–H and O–H groups in total. The Morgan fingerprint density at radius 3 is 2.71 bits per heavy atom. The lowest BCUT2D eigenvalue weighted by Gasteiger charge is -2.29. The van der Waals surface area contributed by atoms with E-state index >= 15 is 0 Å². The summed E-state index contributed by atoms with van der Waals surface area (Å²) in [6, 6.07) is -0.323. The third-order valence-corrected chi connectivity index (χ3v) is 4.30. The van der Waals surface area contributed by atoms with E-state index in [1.165, 1.54) is 25.9 Å². The van der Waals surface area contributed by atoms with Gasteiger partial charge in [0.15, 0.2) is 0 Å². The van der Waals surface area contributed by atoms with E-state index in [1.54, 1.807) is 17.9 Å². The molecule has 1 atom stereocenters. The van der Waals surface area contributed by atoms with Gasteiger partial charge in [0, 0.05) is 25.4 Å². The van der Waals surface area contributed by atoms with Gasteiger partial charge in [-0.15, -0.1) is 0 Å². The first-order valence-corrected chi connectivity index (χ1v) is 7.72. The lowest BCUT2D eigenvalue weighted by molar-refractivity contribution is -0.123. The quantitative estimate of drug-likeness (QED) is 0.803. The molecule has 1 aromatic heterocycles. The van der Waals surface area contributed by atoms with Gasteiger partial charge >= 0.3 is 0 Å². The van der Waals surface area contributed by atoms with Crippen LogP contribution in [0.15, 0.2) is 12.4 Å². The first kappa shape index (κ1) is 16.0. The van der Waals surface area contributed by atoms with Gasteiger partial charge in [-0.05, 0) is 52.4 Å². The average Bonchev–Trinajstić information content (AvgIpc) is 2.88. The molecule has 2 rings (SSSR count). The van der Waals surface area contributed by atoms with Crippen molar-refractivity contribution < 1.29 is 4.79 Å². The molecule has 0 aliphatic carbocycles. The average molecular weight is 293 g/mol. The Hall–Kier alpha value is -1.40. The second-order valence-electron chi connectivity index (χ2n) is 6.00. The Labute approximate surface area is 126 Å². The first-order valence-electron chi connectivity index (χ1n) is 7.72. The molecule has 118 valence electrons. The number of carbonyl (C=O) groups is 1. The monoisotopic (exact) mass is 293 g/mol. The summed E-state index contributed by atoms with van der Waals surface area (Å²) in [5.74, 6) is 0.770. The minimum atomic E-state index is -0.323. The molecule has 1 aliphatic rings. The SMILES string of the molecule is CNC(C(=O)NCCC1CCN(C)CC1)c1cnn(C)c1. The van der Waals surface area contributed by atoms with Gasteiger partial charge in [-0.3, -0.25) is 9.48 Å². The third-order valence-electron chi connectivity index (χ3n) is 4.30. The smallest absolute Gasteiger partial charge is 0.241 e. The summed E-state index contributed by atoms with van der Waals surface area (Å²) in [5, 5.41) is 10.2. The highest BCUT2D eigenvalue weighted by Gasteiger charge is 2.21. The van der Waals surface area contributed by atoms with E-state index in [9.17, 15) is 4.79 Å². The Morgan fingerprint density at radius 1 is 1.43 bits per heavy atom. The molecular weight excluding hydrogens is 266 g/mol. The molecule has 1 amide bonds. The maximum atomic E-state index is 12.3. The molecule has 6 nitrogen and oxygen atoms in total. The molecule has 1 saturated heterocycles. The second kappa shape index (κ2) is 7.56. The van der Waals surface area contributed by atoms with Crippen LogP contribution >= 0.6 is 0 Å². The van der Waals surface area contributed by atoms with Gasteiger partial charge in [0.2, 0.25) is 5.91 Å². The molecule has 6 heteroatoms.